The molecule has 94 valence electrons. The van der Waals surface area contributed by atoms with Crippen molar-refractivity contribution in [2.24, 2.45) is 0 Å². The topological polar surface area (TPSA) is 28.7 Å². The molecule has 0 fully saturated rings. The Bertz CT molecular complexity index is 659. The van der Waals surface area contributed by atoms with Crippen LogP contribution >= 0.6 is 31.9 Å². The molecular formula is C15H10Br2N2. The van der Waals surface area contributed by atoms with Crippen LogP contribution in [-0.2, 0) is 0 Å². The first kappa shape index (κ1) is 12.6. The van der Waals surface area contributed by atoms with Crippen molar-refractivity contribution in [1.82, 2.24) is 9.97 Å². The standard InChI is InChI=1S/C15H10Br2N2/c16-12-5-1-3-10(7-12)14-9-18-15(19-14)11-4-2-6-13(17)8-11/h1-9H,(H,18,19). The van der Waals surface area contributed by atoms with Crippen molar-refractivity contribution in [3.8, 4) is 22.6 Å². The summed E-state index contributed by atoms with van der Waals surface area (Å²) in [7, 11) is 0. The summed E-state index contributed by atoms with van der Waals surface area (Å²) in [6.45, 7) is 0. The second-order valence-electron chi connectivity index (χ2n) is 4.17. The van der Waals surface area contributed by atoms with Crippen LogP contribution in [0.3, 0.4) is 0 Å². The van der Waals surface area contributed by atoms with Crippen molar-refractivity contribution >= 4 is 31.9 Å². The third-order valence-corrected chi connectivity index (χ3v) is 3.80. The Morgan fingerprint density at radius 1 is 0.842 bits per heavy atom. The van der Waals surface area contributed by atoms with Crippen molar-refractivity contribution in [3.63, 3.8) is 0 Å². The molecule has 4 heteroatoms. The highest BCUT2D eigenvalue weighted by molar-refractivity contribution is 9.10. The molecular weight excluding hydrogens is 368 g/mol. The van der Waals surface area contributed by atoms with Gasteiger partial charge in [0.1, 0.15) is 5.82 Å². The highest BCUT2D eigenvalue weighted by Gasteiger charge is 2.06. The maximum absolute atomic E-state index is 4.44. The number of H-pyrrole nitrogens is 1. The first-order valence-corrected chi connectivity index (χ1v) is 7.38. The number of rotatable bonds is 2. The molecule has 2 aromatic carbocycles. The van der Waals surface area contributed by atoms with E-state index in [2.05, 4.69) is 54.0 Å². The number of benzene rings is 2. The third-order valence-electron chi connectivity index (χ3n) is 2.81. The van der Waals surface area contributed by atoms with Crippen molar-refractivity contribution in [3.05, 3.63) is 63.7 Å². The third kappa shape index (κ3) is 2.80. The summed E-state index contributed by atoms with van der Waals surface area (Å²) in [6.07, 6.45) is 1.86. The van der Waals surface area contributed by atoms with Gasteiger partial charge in [-0.15, -0.1) is 0 Å². The maximum atomic E-state index is 4.44. The monoisotopic (exact) mass is 376 g/mol. The Balaban J connectivity index is 2.00. The Labute approximate surface area is 128 Å². The van der Waals surface area contributed by atoms with Crippen LogP contribution in [0.5, 0.6) is 0 Å². The molecule has 0 amide bonds. The first-order chi connectivity index (χ1) is 9.22. The van der Waals surface area contributed by atoms with Crippen molar-refractivity contribution in [1.29, 1.82) is 0 Å². The van der Waals surface area contributed by atoms with Gasteiger partial charge in [-0.2, -0.15) is 0 Å². The van der Waals surface area contributed by atoms with Crippen LogP contribution in [0, 0.1) is 0 Å². The SMILES string of the molecule is Brc1cccc(-c2cnc(-c3cccc(Br)c3)[nH]2)c1. The average Bonchev–Trinajstić information content (AvgIpc) is 2.88. The number of nitrogens with one attached hydrogen (secondary N) is 1. The minimum atomic E-state index is 0.872. The lowest BCUT2D eigenvalue weighted by atomic mass is 10.2. The van der Waals surface area contributed by atoms with Gasteiger partial charge >= 0.3 is 0 Å². The summed E-state index contributed by atoms with van der Waals surface area (Å²) in [5.41, 5.74) is 3.19. The zero-order valence-electron chi connectivity index (χ0n) is 9.90. The molecule has 0 aliphatic heterocycles. The highest BCUT2D eigenvalue weighted by Crippen LogP contribution is 2.25. The van der Waals surface area contributed by atoms with Gasteiger partial charge in [-0.05, 0) is 24.3 Å². The normalized spacial score (nSPS) is 10.6. The molecule has 1 aromatic heterocycles. The van der Waals surface area contributed by atoms with E-state index in [4.69, 9.17) is 0 Å². The van der Waals surface area contributed by atoms with Gasteiger partial charge in [0.15, 0.2) is 0 Å². The summed E-state index contributed by atoms with van der Waals surface area (Å²) in [6, 6.07) is 16.2. The largest absolute Gasteiger partial charge is 0.338 e. The van der Waals surface area contributed by atoms with Gasteiger partial charge in [0.25, 0.3) is 0 Å². The number of nitrogens with zero attached hydrogens (tertiary/aromatic N) is 1. The molecule has 0 aliphatic carbocycles. The van der Waals surface area contributed by atoms with E-state index in [-0.39, 0.29) is 0 Å². The van der Waals surface area contributed by atoms with Gasteiger partial charge in [-0.25, -0.2) is 4.98 Å². The molecule has 2 nitrogen and oxygen atoms in total. The van der Waals surface area contributed by atoms with Crippen LogP contribution in [0.1, 0.15) is 0 Å². The fraction of sp³-hybridized carbons (Fsp3) is 0. The zero-order valence-corrected chi connectivity index (χ0v) is 13.1. The molecule has 0 atom stereocenters. The summed E-state index contributed by atoms with van der Waals surface area (Å²) in [4.78, 5) is 7.79. The summed E-state index contributed by atoms with van der Waals surface area (Å²) >= 11 is 6.95. The van der Waals surface area contributed by atoms with Gasteiger partial charge < -0.3 is 4.98 Å². The molecule has 0 unspecified atom stereocenters. The molecule has 0 aliphatic rings. The lowest BCUT2D eigenvalue weighted by Gasteiger charge is -1.99. The van der Waals surface area contributed by atoms with Crippen molar-refractivity contribution in [2.75, 3.05) is 0 Å². The Morgan fingerprint density at radius 3 is 2.16 bits per heavy atom. The minimum absolute atomic E-state index is 0.872. The number of hydrogen-bond acceptors (Lipinski definition) is 1. The van der Waals surface area contributed by atoms with Crippen molar-refractivity contribution in [2.45, 2.75) is 0 Å². The van der Waals surface area contributed by atoms with Gasteiger partial charge in [0.05, 0.1) is 11.9 Å². The second kappa shape index (κ2) is 5.31. The average molecular weight is 378 g/mol. The van der Waals surface area contributed by atoms with Gasteiger partial charge in [-0.3, -0.25) is 0 Å². The predicted octanol–water partition coefficient (Wildman–Crippen LogP) is 5.27. The molecule has 19 heavy (non-hydrogen) atoms. The zero-order chi connectivity index (χ0) is 13.2. The van der Waals surface area contributed by atoms with Gasteiger partial charge in [0.2, 0.25) is 0 Å². The van der Waals surface area contributed by atoms with E-state index < -0.39 is 0 Å². The van der Waals surface area contributed by atoms with E-state index >= 15 is 0 Å². The number of aromatic amines is 1. The Morgan fingerprint density at radius 2 is 1.47 bits per heavy atom. The lowest BCUT2D eigenvalue weighted by molar-refractivity contribution is 1.31. The predicted molar refractivity (Wildman–Crippen MR) is 84.9 cm³/mol. The van der Waals surface area contributed by atoms with E-state index in [0.717, 1.165) is 31.6 Å². The number of halogens is 2. The van der Waals surface area contributed by atoms with E-state index in [1.807, 2.05) is 42.6 Å². The maximum Gasteiger partial charge on any atom is 0.137 e. The smallest absolute Gasteiger partial charge is 0.137 e. The summed E-state index contributed by atoms with van der Waals surface area (Å²) in [5.74, 6) is 0.872. The van der Waals surface area contributed by atoms with E-state index in [1.165, 1.54) is 0 Å². The summed E-state index contributed by atoms with van der Waals surface area (Å²) in [5, 5.41) is 0. The fourth-order valence-electron chi connectivity index (χ4n) is 1.91. The molecule has 0 saturated heterocycles. The van der Waals surface area contributed by atoms with Gasteiger partial charge in [-0.1, -0.05) is 56.1 Å². The molecule has 0 saturated carbocycles. The van der Waals surface area contributed by atoms with Crippen LogP contribution in [-0.4, -0.2) is 9.97 Å². The second-order valence-corrected chi connectivity index (χ2v) is 6.00. The van der Waals surface area contributed by atoms with Crippen LogP contribution in [0.25, 0.3) is 22.6 Å². The van der Waals surface area contributed by atoms with Gasteiger partial charge in [0, 0.05) is 20.1 Å². The van der Waals surface area contributed by atoms with E-state index in [1.54, 1.807) is 0 Å². The van der Waals surface area contributed by atoms with E-state index in [9.17, 15) is 0 Å². The molecule has 0 bridgehead atoms. The molecule has 0 spiro atoms. The molecule has 3 rings (SSSR count). The van der Waals surface area contributed by atoms with Crippen LogP contribution in [0.15, 0.2) is 63.7 Å². The Kier molecular flexibility index (Phi) is 3.53. The quantitative estimate of drug-likeness (QED) is 0.647. The lowest BCUT2D eigenvalue weighted by Crippen LogP contribution is -1.81. The fourth-order valence-corrected chi connectivity index (χ4v) is 2.70. The molecule has 3 aromatic rings. The Hall–Kier alpha value is -1.39. The number of hydrogen-bond donors (Lipinski definition) is 1. The van der Waals surface area contributed by atoms with Crippen LogP contribution in [0.4, 0.5) is 0 Å². The first-order valence-electron chi connectivity index (χ1n) is 5.79. The number of aromatic nitrogens is 2. The highest BCUT2D eigenvalue weighted by atomic mass is 79.9. The molecule has 0 radical (unpaired) electrons. The molecule has 1 heterocycles. The van der Waals surface area contributed by atoms with Crippen LogP contribution in [0.2, 0.25) is 0 Å². The molecule has 1 N–H and O–H groups in total. The van der Waals surface area contributed by atoms with Crippen LogP contribution < -0.4 is 0 Å². The number of imidazole rings is 1. The summed E-state index contributed by atoms with van der Waals surface area (Å²) < 4.78 is 2.11. The van der Waals surface area contributed by atoms with E-state index in [0.29, 0.717) is 0 Å². The van der Waals surface area contributed by atoms with Crippen molar-refractivity contribution < 1.29 is 0 Å². The minimum Gasteiger partial charge on any atom is -0.338 e.